The summed E-state index contributed by atoms with van der Waals surface area (Å²) in [6, 6.07) is 8.97. The number of hydrogen-bond acceptors (Lipinski definition) is 3. The van der Waals surface area contributed by atoms with Crippen LogP contribution in [0, 0.1) is 5.92 Å². The number of thioether (sulfide) groups is 1. The fourth-order valence-electron chi connectivity index (χ4n) is 1.81. The summed E-state index contributed by atoms with van der Waals surface area (Å²) in [4.78, 5) is 1.32. The minimum atomic E-state index is 0.673. The lowest BCUT2D eigenvalue weighted by Gasteiger charge is -2.14. The third-order valence-corrected chi connectivity index (χ3v) is 4.18. The Kier molecular flexibility index (Phi) is 4.13. The molecule has 2 nitrogen and oxygen atoms in total. The summed E-state index contributed by atoms with van der Waals surface area (Å²) >= 11 is 1.92. The van der Waals surface area contributed by atoms with Gasteiger partial charge in [-0.2, -0.15) is 0 Å². The van der Waals surface area contributed by atoms with E-state index in [1.165, 1.54) is 17.7 Å². The molecule has 0 aromatic heterocycles. The molecule has 1 fully saturated rings. The molecule has 0 bridgehead atoms. The molecule has 0 amide bonds. The zero-order chi connectivity index (χ0) is 11.4. The van der Waals surface area contributed by atoms with Crippen LogP contribution in [0.5, 0.6) is 5.75 Å². The molecule has 1 saturated carbocycles. The Balaban J connectivity index is 1.83. The molecule has 2 rings (SSSR count). The third kappa shape index (κ3) is 3.16. The molecule has 0 spiro atoms. The van der Waals surface area contributed by atoms with E-state index in [0.717, 1.165) is 17.4 Å². The van der Waals surface area contributed by atoms with Gasteiger partial charge in [-0.3, -0.25) is 0 Å². The van der Waals surface area contributed by atoms with E-state index >= 15 is 0 Å². The molecule has 1 aliphatic rings. The van der Waals surface area contributed by atoms with Crippen molar-refractivity contribution in [2.24, 2.45) is 5.92 Å². The van der Waals surface area contributed by atoms with Crippen LogP contribution in [0.3, 0.4) is 0 Å². The van der Waals surface area contributed by atoms with Crippen LogP contribution >= 0.6 is 11.8 Å². The normalized spacial score (nSPS) is 17.1. The summed E-state index contributed by atoms with van der Waals surface area (Å²) < 4.78 is 5.14. The van der Waals surface area contributed by atoms with E-state index in [1.54, 1.807) is 7.11 Å². The summed E-state index contributed by atoms with van der Waals surface area (Å²) in [5, 5.41) is 3.41. The van der Waals surface area contributed by atoms with Gasteiger partial charge in [0, 0.05) is 16.7 Å². The van der Waals surface area contributed by atoms with E-state index in [-0.39, 0.29) is 0 Å². The van der Waals surface area contributed by atoms with Crippen LogP contribution in [-0.2, 0) is 0 Å². The molecule has 1 N–H and O–H groups in total. The second-order valence-electron chi connectivity index (χ2n) is 4.22. The zero-order valence-corrected chi connectivity index (χ0v) is 10.7. The Bertz CT molecular complexity index is 321. The van der Waals surface area contributed by atoms with Gasteiger partial charge in [0.1, 0.15) is 5.75 Å². The topological polar surface area (TPSA) is 21.3 Å². The Morgan fingerprint density at radius 1 is 1.38 bits per heavy atom. The predicted molar refractivity (Wildman–Crippen MR) is 69.3 cm³/mol. The molecule has 1 aromatic rings. The first kappa shape index (κ1) is 11.8. The van der Waals surface area contributed by atoms with Crippen molar-refractivity contribution in [3.63, 3.8) is 0 Å². The lowest BCUT2D eigenvalue weighted by atomic mass is 10.2. The maximum atomic E-state index is 5.14. The van der Waals surface area contributed by atoms with Gasteiger partial charge in [-0.05, 0) is 50.1 Å². The van der Waals surface area contributed by atoms with Gasteiger partial charge in [0.15, 0.2) is 0 Å². The number of methoxy groups -OCH3 is 1. The second-order valence-corrected chi connectivity index (χ2v) is 5.31. The van der Waals surface area contributed by atoms with Crippen molar-refractivity contribution in [3.05, 3.63) is 24.3 Å². The highest BCUT2D eigenvalue weighted by Gasteiger charge is 2.29. The first-order chi connectivity index (χ1) is 7.83. The highest BCUT2D eigenvalue weighted by Crippen LogP contribution is 2.35. The highest BCUT2D eigenvalue weighted by atomic mass is 32.2. The van der Waals surface area contributed by atoms with E-state index in [0.29, 0.717) is 6.04 Å². The van der Waals surface area contributed by atoms with Gasteiger partial charge in [0.2, 0.25) is 0 Å². The molecule has 1 aliphatic carbocycles. The molecule has 0 radical (unpaired) electrons. The number of rotatable bonds is 6. The number of nitrogens with one attached hydrogen (secondary N) is 1. The molecular formula is C13H19NOS. The van der Waals surface area contributed by atoms with Crippen LogP contribution in [-0.4, -0.2) is 26.0 Å². The molecule has 1 unspecified atom stereocenters. The van der Waals surface area contributed by atoms with Crippen LogP contribution < -0.4 is 10.1 Å². The van der Waals surface area contributed by atoms with E-state index in [1.807, 2.05) is 23.9 Å². The molecule has 0 aliphatic heterocycles. The lowest BCUT2D eigenvalue weighted by molar-refractivity contribution is 0.414. The van der Waals surface area contributed by atoms with Gasteiger partial charge in [-0.1, -0.05) is 0 Å². The van der Waals surface area contributed by atoms with Crippen LogP contribution in [0.1, 0.15) is 12.8 Å². The monoisotopic (exact) mass is 237 g/mol. The summed E-state index contributed by atoms with van der Waals surface area (Å²) in [6.45, 7) is 0. The van der Waals surface area contributed by atoms with Crippen molar-refractivity contribution in [1.29, 1.82) is 0 Å². The fraction of sp³-hybridized carbons (Fsp3) is 0.538. The standard InChI is InChI=1S/C13H19NOS/c1-14-13(10-3-4-10)9-16-12-7-5-11(15-2)6-8-12/h5-8,10,13-14H,3-4,9H2,1-2H3. The van der Waals surface area contributed by atoms with Crippen molar-refractivity contribution in [1.82, 2.24) is 5.32 Å². The predicted octanol–water partition coefficient (Wildman–Crippen LogP) is 2.79. The van der Waals surface area contributed by atoms with Crippen molar-refractivity contribution >= 4 is 11.8 Å². The quantitative estimate of drug-likeness (QED) is 0.769. The van der Waals surface area contributed by atoms with Crippen molar-refractivity contribution in [2.75, 3.05) is 19.9 Å². The average Bonchev–Trinajstić information content (AvgIpc) is 3.15. The zero-order valence-electron chi connectivity index (χ0n) is 9.90. The molecule has 1 atom stereocenters. The molecule has 16 heavy (non-hydrogen) atoms. The molecule has 0 heterocycles. The van der Waals surface area contributed by atoms with Crippen molar-refractivity contribution in [2.45, 2.75) is 23.8 Å². The first-order valence-electron chi connectivity index (χ1n) is 5.77. The Morgan fingerprint density at radius 2 is 2.06 bits per heavy atom. The van der Waals surface area contributed by atoms with Crippen LogP contribution in [0.2, 0.25) is 0 Å². The molecule has 1 aromatic carbocycles. The Morgan fingerprint density at radius 3 is 2.56 bits per heavy atom. The van der Waals surface area contributed by atoms with E-state index in [2.05, 4.69) is 24.5 Å². The average molecular weight is 237 g/mol. The summed E-state index contributed by atoms with van der Waals surface area (Å²) in [5.41, 5.74) is 0. The summed E-state index contributed by atoms with van der Waals surface area (Å²) in [7, 11) is 3.77. The third-order valence-electron chi connectivity index (χ3n) is 3.05. The largest absolute Gasteiger partial charge is 0.497 e. The number of benzene rings is 1. The summed E-state index contributed by atoms with van der Waals surface area (Å²) in [5.74, 6) is 3.00. The van der Waals surface area contributed by atoms with Crippen molar-refractivity contribution < 1.29 is 4.74 Å². The van der Waals surface area contributed by atoms with Crippen LogP contribution in [0.4, 0.5) is 0 Å². The minimum Gasteiger partial charge on any atom is -0.497 e. The summed E-state index contributed by atoms with van der Waals surface area (Å²) in [6.07, 6.45) is 2.79. The van der Waals surface area contributed by atoms with Gasteiger partial charge in [0.25, 0.3) is 0 Å². The van der Waals surface area contributed by atoms with Crippen LogP contribution in [0.25, 0.3) is 0 Å². The highest BCUT2D eigenvalue weighted by molar-refractivity contribution is 7.99. The minimum absolute atomic E-state index is 0.673. The van der Waals surface area contributed by atoms with Crippen LogP contribution in [0.15, 0.2) is 29.2 Å². The van der Waals surface area contributed by atoms with Gasteiger partial charge < -0.3 is 10.1 Å². The fourth-order valence-corrected chi connectivity index (χ4v) is 2.95. The molecule has 3 heteroatoms. The maximum absolute atomic E-state index is 5.14. The van der Waals surface area contributed by atoms with Gasteiger partial charge in [0.05, 0.1) is 7.11 Å². The number of ether oxygens (including phenoxy) is 1. The lowest BCUT2D eigenvalue weighted by Crippen LogP contribution is -2.29. The van der Waals surface area contributed by atoms with Gasteiger partial charge in [-0.15, -0.1) is 11.8 Å². The molecular weight excluding hydrogens is 218 g/mol. The molecule has 88 valence electrons. The Labute approximate surface area is 102 Å². The van der Waals surface area contributed by atoms with E-state index in [9.17, 15) is 0 Å². The SMILES string of the molecule is CNC(CSc1ccc(OC)cc1)C1CC1. The Hall–Kier alpha value is -0.670. The van der Waals surface area contributed by atoms with Gasteiger partial charge >= 0.3 is 0 Å². The molecule has 0 saturated heterocycles. The number of hydrogen-bond donors (Lipinski definition) is 1. The van der Waals surface area contributed by atoms with Gasteiger partial charge in [-0.25, -0.2) is 0 Å². The van der Waals surface area contributed by atoms with Crippen molar-refractivity contribution in [3.8, 4) is 5.75 Å². The second kappa shape index (κ2) is 5.60. The van der Waals surface area contributed by atoms with E-state index < -0.39 is 0 Å². The maximum Gasteiger partial charge on any atom is 0.118 e. The van der Waals surface area contributed by atoms with E-state index in [4.69, 9.17) is 4.74 Å². The first-order valence-corrected chi connectivity index (χ1v) is 6.76. The smallest absolute Gasteiger partial charge is 0.118 e.